The standard InChI is InChI=1S/C19H25N3O2/c1-16-13-17(15-22-9-7-21(8-10-22)11-12-23)4-5-19(16)24-18-3-2-6-20-14-18/h2-6,13-14,23H,7-12,15H2,1H3. The van der Waals surface area contributed by atoms with E-state index in [0.717, 1.165) is 56.3 Å². The van der Waals surface area contributed by atoms with Crippen molar-refractivity contribution in [3.8, 4) is 11.5 Å². The third kappa shape index (κ3) is 4.54. The highest BCUT2D eigenvalue weighted by Gasteiger charge is 2.16. The Bertz CT molecular complexity index is 640. The van der Waals surface area contributed by atoms with Gasteiger partial charge in [-0.25, -0.2) is 0 Å². The zero-order valence-electron chi connectivity index (χ0n) is 14.2. The molecule has 0 radical (unpaired) electrons. The van der Waals surface area contributed by atoms with Crippen molar-refractivity contribution >= 4 is 0 Å². The Morgan fingerprint density at radius 1 is 1.12 bits per heavy atom. The molecule has 1 N–H and O–H groups in total. The molecule has 0 amide bonds. The second-order valence-corrected chi connectivity index (χ2v) is 6.23. The van der Waals surface area contributed by atoms with Crippen LogP contribution in [0.4, 0.5) is 0 Å². The average molecular weight is 327 g/mol. The van der Waals surface area contributed by atoms with Crippen LogP contribution >= 0.6 is 0 Å². The van der Waals surface area contributed by atoms with Crippen LogP contribution in [0, 0.1) is 6.92 Å². The Morgan fingerprint density at radius 3 is 2.58 bits per heavy atom. The van der Waals surface area contributed by atoms with Crippen molar-refractivity contribution in [1.82, 2.24) is 14.8 Å². The first-order valence-corrected chi connectivity index (χ1v) is 8.47. The lowest BCUT2D eigenvalue weighted by Crippen LogP contribution is -2.46. The molecule has 0 saturated carbocycles. The summed E-state index contributed by atoms with van der Waals surface area (Å²) in [5.41, 5.74) is 2.44. The molecule has 0 aliphatic carbocycles. The number of rotatable bonds is 6. The fraction of sp³-hybridized carbons (Fsp3) is 0.421. The molecule has 5 heteroatoms. The molecule has 0 unspecified atom stereocenters. The topological polar surface area (TPSA) is 48.8 Å². The maximum Gasteiger partial charge on any atom is 0.145 e. The normalized spacial score (nSPS) is 16.2. The summed E-state index contributed by atoms with van der Waals surface area (Å²) in [6, 6.07) is 10.2. The molecule has 1 aromatic carbocycles. The van der Waals surface area contributed by atoms with Gasteiger partial charge >= 0.3 is 0 Å². The summed E-state index contributed by atoms with van der Waals surface area (Å²) in [6.07, 6.45) is 3.46. The first-order chi connectivity index (χ1) is 11.7. The highest BCUT2D eigenvalue weighted by molar-refractivity contribution is 5.39. The summed E-state index contributed by atoms with van der Waals surface area (Å²) in [7, 11) is 0. The number of piperazine rings is 1. The van der Waals surface area contributed by atoms with Gasteiger partial charge in [-0.3, -0.25) is 14.8 Å². The van der Waals surface area contributed by atoms with Crippen molar-refractivity contribution in [3.05, 3.63) is 53.9 Å². The van der Waals surface area contributed by atoms with E-state index in [0.29, 0.717) is 0 Å². The van der Waals surface area contributed by atoms with E-state index in [2.05, 4.69) is 33.8 Å². The monoisotopic (exact) mass is 327 g/mol. The molecule has 1 aliphatic rings. The molecule has 1 aromatic heterocycles. The summed E-state index contributed by atoms with van der Waals surface area (Å²) in [6.45, 7) is 8.23. The SMILES string of the molecule is Cc1cc(CN2CCN(CCO)CC2)ccc1Oc1cccnc1. The van der Waals surface area contributed by atoms with Crippen LogP contribution in [-0.4, -0.2) is 59.2 Å². The maximum atomic E-state index is 9.01. The lowest BCUT2D eigenvalue weighted by atomic mass is 10.1. The molecular formula is C19H25N3O2. The predicted octanol–water partition coefficient (Wildman–Crippen LogP) is 2.29. The van der Waals surface area contributed by atoms with E-state index in [-0.39, 0.29) is 6.61 Å². The summed E-state index contributed by atoms with van der Waals surface area (Å²) >= 11 is 0. The summed E-state index contributed by atoms with van der Waals surface area (Å²) in [5, 5.41) is 9.01. The van der Waals surface area contributed by atoms with E-state index < -0.39 is 0 Å². The summed E-state index contributed by atoms with van der Waals surface area (Å²) in [5.74, 6) is 1.63. The molecular weight excluding hydrogens is 302 g/mol. The number of β-amino-alcohol motifs (C(OH)–C–C–N with tert-alkyl or cyclic N) is 1. The highest BCUT2D eigenvalue weighted by Crippen LogP contribution is 2.25. The Balaban J connectivity index is 1.57. The minimum Gasteiger partial charge on any atom is -0.455 e. The largest absolute Gasteiger partial charge is 0.455 e. The quantitative estimate of drug-likeness (QED) is 0.882. The van der Waals surface area contributed by atoms with Crippen molar-refractivity contribution in [2.75, 3.05) is 39.3 Å². The second-order valence-electron chi connectivity index (χ2n) is 6.23. The van der Waals surface area contributed by atoms with Crippen molar-refractivity contribution < 1.29 is 9.84 Å². The number of hydrogen-bond donors (Lipinski definition) is 1. The summed E-state index contributed by atoms with van der Waals surface area (Å²) < 4.78 is 5.89. The minimum atomic E-state index is 0.248. The van der Waals surface area contributed by atoms with Crippen molar-refractivity contribution in [2.45, 2.75) is 13.5 Å². The van der Waals surface area contributed by atoms with Crippen LogP contribution < -0.4 is 4.74 Å². The van der Waals surface area contributed by atoms with Gasteiger partial charge in [-0.05, 0) is 36.2 Å². The Labute approximate surface area is 143 Å². The fourth-order valence-corrected chi connectivity index (χ4v) is 3.03. The second kappa shape index (κ2) is 8.24. The third-order valence-corrected chi connectivity index (χ3v) is 4.39. The number of aryl methyl sites for hydroxylation is 1. The number of hydrogen-bond acceptors (Lipinski definition) is 5. The minimum absolute atomic E-state index is 0.248. The van der Waals surface area contributed by atoms with Gasteiger partial charge in [-0.2, -0.15) is 0 Å². The van der Waals surface area contributed by atoms with Crippen LogP contribution in [0.15, 0.2) is 42.7 Å². The van der Waals surface area contributed by atoms with Crippen LogP contribution in [0.25, 0.3) is 0 Å². The molecule has 1 aliphatic heterocycles. The van der Waals surface area contributed by atoms with Crippen molar-refractivity contribution in [1.29, 1.82) is 0 Å². The predicted molar refractivity (Wildman–Crippen MR) is 94.3 cm³/mol. The number of nitrogens with zero attached hydrogens (tertiary/aromatic N) is 3. The Hall–Kier alpha value is -1.95. The smallest absolute Gasteiger partial charge is 0.145 e. The van der Waals surface area contributed by atoms with Crippen LogP contribution in [0.5, 0.6) is 11.5 Å². The number of pyridine rings is 1. The van der Waals surface area contributed by atoms with E-state index in [1.807, 2.05) is 18.2 Å². The van der Waals surface area contributed by atoms with E-state index in [4.69, 9.17) is 9.84 Å². The molecule has 1 fully saturated rings. The molecule has 2 aromatic rings. The van der Waals surface area contributed by atoms with Gasteiger partial charge in [0.1, 0.15) is 11.5 Å². The fourth-order valence-electron chi connectivity index (χ4n) is 3.03. The van der Waals surface area contributed by atoms with Gasteiger partial charge in [0.2, 0.25) is 0 Å². The Morgan fingerprint density at radius 2 is 1.92 bits per heavy atom. The van der Waals surface area contributed by atoms with Crippen molar-refractivity contribution in [3.63, 3.8) is 0 Å². The van der Waals surface area contributed by atoms with E-state index >= 15 is 0 Å². The number of aromatic nitrogens is 1. The molecule has 24 heavy (non-hydrogen) atoms. The first-order valence-electron chi connectivity index (χ1n) is 8.47. The van der Waals surface area contributed by atoms with Crippen LogP contribution in [0.1, 0.15) is 11.1 Å². The van der Waals surface area contributed by atoms with Gasteiger partial charge in [0.25, 0.3) is 0 Å². The van der Waals surface area contributed by atoms with Gasteiger partial charge in [0.15, 0.2) is 0 Å². The molecule has 128 valence electrons. The van der Waals surface area contributed by atoms with Crippen LogP contribution in [-0.2, 0) is 6.54 Å². The number of benzene rings is 1. The number of ether oxygens (including phenoxy) is 1. The molecule has 3 rings (SSSR count). The zero-order valence-corrected chi connectivity index (χ0v) is 14.2. The molecule has 1 saturated heterocycles. The van der Waals surface area contributed by atoms with Crippen LogP contribution in [0.2, 0.25) is 0 Å². The van der Waals surface area contributed by atoms with Crippen molar-refractivity contribution in [2.24, 2.45) is 0 Å². The van der Waals surface area contributed by atoms with E-state index in [9.17, 15) is 0 Å². The van der Waals surface area contributed by atoms with Gasteiger partial charge in [0.05, 0.1) is 12.8 Å². The van der Waals surface area contributed by atoms with Crippen LogP contribution in [0.3, 0.4) is 0 Å². The number of aliphatic hydroxyl groups excluding tert-OH is 1. The van der Waals surface area contributed by atoms with E-state index in [1.165, 1.54) is 5.56 Å². The third-order valence-electron chi connectivity index (χ3n) is 4.39. The maximum absolute atomic E-state index is 9.01. The molecule has 2 heterocycles. The highest BCUT2D eigenvalue weighted by atomic mass is 16.5. The molecule has 0 bridgehead atoms. The Kier molecular flexibility index (Phi) is 5.80. The first kappa shape index (κ1) is 16.9. The van der Waals surface area contributed by atoms with Gasteiger partial charge < -0.3 is 9.84 Å². The molecule has 5 nitrogen and oxygen atoms in total. The number of aliphatic hydroxyl groups is 1. The van der Waals surface area contributed by atoms with Gasteiger partial charge in [-0.15, -0.1) is 0 Å². The summed E-state index contributed by atoms with van der Waals surface area (Å²) in [4.78, 5) is 8.85. The molecule has 0 atom stereocenters. The lowest BCUT2D eigenvalue weighted by Gasteiger charge is -2.34. The lowest BCUT2D eigenvalue weighted by molar-refractivity contribution is 0.108. The van der Waals surface area contributed by atoms with Gasteiger partial charge in [0, 0.05) is 45.5 Å². The van der Waals surface area contributed by atoms with Gasteiger partial charge in [-0.1, -0.05) is 12.1 Å². The average Bonchev–Trinajstić information content (AvgIpc) is 2.60. The zero-order chi connectivity index (χ0) is 16.8. The van der Waals surface area contributed by atoms with E-state index in [1.54, 1.807) is 12.4 Å². The molecule has 0 spiro atoms.